The number of benzene rings is 5. The average Bonchev–Trinajstić information content (AvgIpc) is 4.07. The van der Waals surface area contributed by atoms with E-state index in [0.717, 1.165) is 6.42 Å². The van der Waals surface area contributed by atoms with Crippen LogP contribution in [0, 0.1) is 11.8 Å². The average molecular weight is 898 g/mol. The molecule has 0 bridgehead atoms. The van der Waals surface area contributed by atoms with Gasteiger partial charge in [-0.15, -0.1) is 34.4 Å². The molecule has 0 radical (unpaired) electrons. The van der Waals surface area contributed by atoms with Gasteiger partial charge in [-0.25, -0.2) is 0 Å². The third-order valence-electron chi connectivity index (χ3n) is 15.7. The number of thioether (sulfide) groups is 1. The molecule has 13 rings (SSSR count). The lowest BCUT2D eigenvalue weighted by Gasteiger charge is -2.39. The van der Waals surface area contributed by atoms with Crippen LogP contribution in [0.1, 0.15) is 97.3 Å². The largest absolute Gasteiger partial charge is 0.335 e. The van der Waals surface area contributed by atoms with Crippen molar-refractivity contribution >= 4 is 83.2 Å². The zero-order valence-electron chi connectivity index (χ0n) is 37.2. The first-order valence-corrected chi connectivity index (χ1v) is 26.9. The van der Waals surface area contributed by atoms with Gasteiger partial charge in [-0.05, 0) is 150 Å². The molecule has 6 unspecified atom stereocenters. The van der Waals surface area contributed by atoms with Gasteiger partial charge in [0, 0.05) is 68.9 Å². The zero-order valence-corrected chi connectivity index (χ0v) is 39.7. The maximum atomic E-state index is 2.65. The van der Waals surface area contributed by atoms with Gasteiger partial charge in [0.05, 0.1) is 6.04 Å². The molecule has 3 heterocycles. The Labute approximate surface area is 396 Å². The first kappa shape index (κ1) is 40.2. The summed E-state index contributed by atoms with van der Waals surface area (Å²) in [4.78, 5) is 5.74. The number of thiophene rings is 2. The minimum atomic E-state index is 0.256. The first-order valence-electron chi connectivity index (χ1n) is 24.4. The Morgan fingerprint density at radius 3 is 2.29 bits per heavy atom. The molecular weight excluding hydrogens is 843 g/mol. The van der Waals surface area contributed by atoms with Crippen molar-refractivity contribution in [3.63, 3.8) is 0 Å². The van der Waals surface area contributed by atoms with Crippen LogP contribution >= 0.6 is 34.4 Å². The molecule has 1 nitrogen and oxygen atoms in total. The summed E-state index contributed by atoms with van der Waals surface area (Å²) in [6, 6.07) is 42.4. The van der Waals surface area contributed by atoms with Crippen LogP contribution in [0.5, 0.6) is 0 Å². The van der Waals surface area contributed by atoms with E-state index in [1.807, 2.05) is 23.1 Å². The molecule has 0 amide bonds. The SMILES string of the molecule is CC1CC(N(c2ccc(-c3cccc4c3sc3c(C5C=CCCC5)cccc34)cc2)c2ccc(C3C=CC=C4c5ccccc5SC43)cc2)C=CC1C1=c2sc3c(c2=CCC1)CCCC3. The Bertz CT molecular complexity index is 3240. The molecule has 0 saturated heterocycles. The molecule has 1 aliphatic heterocycles. The number of aryl methyl sites for hydroxylation is 1. The number of nitrogens with zero attached hydrogens (tertiary/aromatic N) is 1. The normalized spacial score (nSPS) is 24.3. The minimum Gasteiger partial charge on any atom is -0.335 e. The highest BCUT2D eigenvalue weighted by atomic mass is 32.2. The molecule has 6 aliphatic rings. The Morgan fingerprint density at radius 1 is 0.646 bits per heavy atom. The van der Waals surface area contributed by atoms with Crippen LogP contribution in [0.3, 0.4) is 0 Å². The molecular formula is C61H55NS3. The number of allylic oxidation sites excluding steroid dienone is 6. The van der Waals surface area contributed by atoms with Crippen molar-refractivity contribution < 1.29 is 0 Å². The number of anilines is 2. The Kier molecular flexibility index (Phi) is 10.3. The van der Waals surface area contributed by atoms with Gasteiger partial charge in [0.2, 0.25) is 0 Å². The highest BCUT2D eigenvalue weighted by Crippen LogP contribution is 2.53. The second-order valence-electron chi connectivity index (χ2n) is 19.5. The standard InChI is InChI=1S/C61H55NS3/c1-38-37-44(35-36-45(38)51-20-12-22-53-50-16-6-8-26-57(50)64-61(51)53)62(42-31-27-40(28-32-42)47-18-9-21-52-49-15-5-7-25-56(49)63-58(47)52)43-33-29-41(30-34-43)48-19-11-24-55-54-23-10-17-46(59(54)65-60(48)55)39-13-3-2-4-14-39/h3,5,7,9-11,13,15,17-19,21-25,27-36,38-39,44-45,47,58H,2,4,6,8,12,14,16,20,26,37H2,1H3. The Hall–Kier alpha value is -5.13. The number of fused-ring (bicyclic) bond motifs is 9. The lowest BCUT2D eigenvalue weighted by Crippen LogP contribution is -2.37. The van der Waals surface area contributed by atoms with Crippen LogP contribution in [0.15, 0.2) is 157 Å². The van der Waals surface area contributed by atoms with Gasteiger partial charge in [-0.2, -0.15) is 0 Å². The topological polar surface area (TPSA) is 3.24 Å². The van der Waals surface area contributed by atoms with Crippen molar-refractivity contribution in [2.24, 2.45) is 11.8 Å². The molecule has 0 fully saturated rings. The Morgan fingerprint density at radius 2 is 1.45 bits per heavy atom. The van der Waals surface area contributed by atoms with E-state index in [1.54, 1.807) is 25.8 Å². The number of rotatable bonds is 7. The van der Waals surface area contributed by atoms with Crippen LogP contribution in [0.25, 0.3) is 48.5 Å². The summed E-state index contributed by atoms with van der Waals surface area (Å²) in [5.74, 6) is 1.90. The quantitative estimate of drug-likeness (QED) is 0.147. The van der Waals surface area contributed by atoms with Crippen molar-refractivity contribution in [3.05, 3.63) is 189 Å². The Balaban J connectivity index is 0.862. The lowest BCUT2D eigenvalue weighted by atomic mass is 9.76. The van der Waals surface area contributed by atoms with Gasteiger partial charge < -0.3 is 4.90 Å². The van der Waals surface area contributed by atoms with Crippen molar-refractivity contribution in [1.29, 1.82) is 0 Å². The molecule has 0 saturated carbocycles. The lowest BCUT2D eigenvalue weighted by molar-refractivity contribution is 0.418. The summed E-state index contributed by atoms with van der Waals surface area (Å²) in [6.45, 7) is 2.53. The van der Waals surface area contributed by atoms with E-state index in [1.165, 1.54) is 128 Å². The zero-order chi connectivity index (χ0) is 43.0. The van der Waals surface area contributed by atoms with E-state index < -0.39 is 0 Å². The molecule has 0 N–H and O–H groups in total. The smallest absolute Gasteiger partial charge is 0.0525 e. The molecule has 5 aromatic carbocycles. The molecule has 4 heteroatoms. The predicted molar refractivity (Wildman–Crippen MR) is 283 cm³/mol. The molecule has 322 valence electrons. The van der Waals surface area contributed by atoms with Crippen molar-refractivity contribution in [3.8, 4) is 11.1 Å². The summed E-state index contributed by atoms with van der Waals surface area (Å²) < 4.78 is 4.48. The number of hydrogen-bond donors (Lipinski definition) is 0. The second-order valence-corrected chi connectivity index (χ2v) is 22.8. The van der Waals surface area contributed by atoms with Crippen molar-refractivity contribution in [1.82, 2.24) is 0 Å². The van der Waals surface area contributed by atoms with E-state index in [4.69, 9.17) is 0 Å². The molecule has 7 aromatic rings. The van der Waals surface area contributed by atoms with Crippen LogP contribution in [-0.2, 0) is 12.8 Å². The van der Waals surface area contributed by atoms with E-state index in [-0.39, 0.29) is 6.04 Å². The van der Waals surface area contributed by atoms with Crippen LogP contribution in [0.2, 0.25) is 0 Å². The summed E-state index contributed by atoms with van der Waals surface area (Å²) in [5, 5.41) is 4.80. The van der Waals surface area contributed by atoms with Gasteiger partial charge in [0.1, 0.15) is 0 Å². The van der Waals surface area contributed by atoms with E-state index in [2.05, 4.69) is 181 Å². The van der Waals surface area contributed by atoms with Gasteiger partial charge in [0.25, 0.3) is 0 Å². The van der Waals surface area contributed by atoms with Crippen molar-refractivity contribution in [2.75, 3.05) is 4.90 Å². The highest BCUT2D eigenvalue weighted by Gasteiger charge is 2.36. The molecule has 0 spiro atoms. The van der Waals surface area contributed by atoms with Gasteiger partial charge >= 0.3 is 0 Å². The fourth-order valence-electron chi connectivity index (χ4n) is 12.4. The highest BCUT2D eigenvalue weighted by molar-refractivity contribution is 8.01. The van der Waals surface area contributed by atoms with Gasteiger partial charge in [-0.3, -0.25) is 0 Å². The van der Waals surface area contributed by atoms with Crippen LogP contribution in [0.4, 0.5) is 11.4 Å². The first-order chi connectivity index (χ1) is 32.1. The monoisotopic (exact) mass is 897 g/mol. The summed E-state index contributed by atoms with van der Waals surface area (Å²) in [5.41, 5.74) is 14.3. The maximum Gasteiger partial charge on any atom is 0.0525 e. The molecule has 5 aliphatic carbocycles. The van der Waals surface area contributed by atoms with Gasteiger partial charge in [-0.1, -0.05) is 134 Å². The fourth-order valence-corrected chi connectivity index (χ4v) is 16.8. The summed E-state index contributed by atoms with van der Waals surface area (Å²) in [7, 11) is 0. The molecule has 6 atom stereocenters. The van der Waals surface area contributed by atoms with E-state index in [0.29, 0.717) is 28.9 Å². The van der Waals surface area contributed by atoms with E-state index >= 15 is 0 Å². The van der Waals surface area contributed by atoms with Crippen LogP contribution in [-0.4, -0.2) is 11.3 Å². The van der Waals surface area contributed by atoms with E-state index in [9.17, 15) is 0 Å². The molecule has 65 heavy (non-hydrogen) atoms. The summed E-state index contributed by atoms with van der Waals surface area (Å²) in [6.07, 6.45) is 32.2. The maximum absolute atomic E-state index is 2.65. The van der Waals surface area contributed by atoms with Crippen LogP contribution < -0.4 is 14.7 Å². The number of hydrogen-bond acceptors (Lipinski definition) is 4. The third-order valence-corrected chi connectivity index (χ3v) is 19.8. The van der Waals surface area contributed by atoms with Crippen molar-refractivity contribution in [2.45, 2.75) is 99.2 Å². The molecule has 2 aromatic heterocycles. The fraction of sp³-hybridized carbons (Fsp3) is 0.279. The minimum absolute atomic E-state index is 0.256. The summed E-state index contributed by atoms with van der Waals surface area (Å²) >= 11 is 6.17. The second kappa shape index (κ2) is 16.6. The third kappa shape index (κ3) is 6.92. The van der Waals surface area contributed by atoms with Gasteiger partial charge in [0.15, 0.2) is 0 Å². The predicted octanol–water partition coefficient (Wildman–Crippen LogP) is 15.8.